The molecule has 1 aromatic rings. The molecule has 0 aliphatic heterocycles. The zero-order valence-corrected chi connectivity index (χ0v) is 15.3. The van der Waals surface area contributed by atoms with Crippen LogP contribution in [0.25, 0.3) is 0 Å². The smallest absolute Gasteiger partial charge is 0.0129 e. The highest BCUT2D eigenvalue weighted by Crippen LogP contribution is 2.39. The van der Waals surface area contributed by atoms with Crippen LogP contribution >= 0.6 is 0 Å². The molecule has 0 radical (unpaired) electrons. The predicted octanol–water partition coefficient (Wildman–Crippen LogP) is 6.53. The van der Waals surface area contributed by atoms with Gasteiger partial charge in [0.25, 0.3) is 0 Å². The number of benzene rings is 1. The van der Waals surface area contributed by atoms with Gasteiger partial charge in [0, 0.05) is 0 Å². The van der Waals surface area contributed by atoms with Crippen LogP contribution in [0.1, 0.15) is 103 Å². The fourth-order valence-electron chi connectivity index (χ4n) is 2.89. The topological polar surface area (TPSA) is 0 Å². The number of hydrogen-bond acceptors (Lipinski definition) is 0. The molecular formula is C20H34. The van der Waals surface area contributed by atoms with E-state index in [4.69, 9.17) is 0 Å². The number of hydrogen-bond donors (Lipinski definition) is 0. The molecule has 0 saturated carbocycles. The van der Waals surface area contributed by atoms with E-state index in [1.807, 2.05) is 0 Å². The van der Waals surface area contributed by atoms with Crippen LogP contribution in [0.4, 0.5) is 0 Å². The van der Waals surface area contributed by atoms with E-state index in [9.17, 15) is 0 Å². The minimum absolute atomic E-state index is 0.208. The Kier molecular flexibility index (Phi) is 4.79. The summed E-state index contributed by atoms with van der Waals surface area (Å²) in [5, 5.41) is 0. The first-order valence-corrected chi connectivity index (χ1v) is 8.04. The molecule has 0 bridgehead atoms. The van der Waals surface area contributed by atoms with Crippen LogP contribution in [0.3, 0.4) is 0 Å². The molecular weight excluding hydrogens is 240 g/mol. The molecule has 0 aliphatic rings. The molecule has 0 heterocycles. The lowest BCUT2D eigenvalue weighted by Crippen LogP contribution is -2.21. The second-order valence-corrected chi connectivity index (χ2v) is 8.84. The molecule has 1 aromatic carbocycles. The van der Waals surface area contributed by atoms with Gasteiger partial charge in [-0.3, -0.25) is 0 Å². The largest absolute Gasteiger partial charge is 0.0587 e. The van der Waals surface area contributed by atoms with Crippen LogP contribution in [0.2, 0.25) is 0 Å². The predicted molar refractivity (Wildman–Crippen MR) is 92.0 cm³/mol. The third-order valence-corrected chi connectivity index (χ3v) is 4.08. The maximum atomic E-state index is 2.49. The Hall–Kier alpha value is -0.780. The van der Waals surface area contributed by atoms with Crippen molar-refractivity contribution in [2.24, 2.45) is 0 Å². The third-order valence-electron chi connectivity index (χ3n) is 4.08. The Bertz CT molecular complexity index is 416. The molecule has 0 nitrogen and oxygen atoms in total. The highest BCUT2D eigenvalue weighted by molar-refractivity contribution is 5.47. The summed E-state index contributed by atoms with van der Waals surface area (Å²) in [6.07, 6.45) is 0. The molecule has 0 heteroatoms. The quantitative estimate of drug-likeness (QED) is 0.575. The fraction of sp³-hybridized carbons (Fsp3) is 0.700. The summed E-state index contributed by atoms with van der Waals surface area (Å²) in [6, 6.07) is 4.97. The van der Waals surface area contributed by atoms with Crippen LogP contribution in [0.5, 0.6) is 0 Å². The van der Waals surface area contributed by atoms with E-state index in [1.54, 1.807) is 0 Å². The minimum atomic E-state index is 0.208. The second-order valence-electron chi connectivity index (χ2n) is 8.84. The molecule has 0 N–H and O–H groups in total. The molecule has 0 atom stereocenters. The van der Waals surface area contributed by atoms with Crippen molar-refractivity contribution < 1.29 is 0 Å². The van der Waals surface area contributed by atoms with Crippen LogP contribution < -0.4 is 0 Å². The molecule has 0 aliphatic carbocycles. The highest BCUT2D eigenvalue weighted by Gasteiger charge is 2.26. The second kappa shape index (κ2) is 5.54. The Morgan fingerprint density at radius 2 is 0.850 bits per heavy atom. The van der Waals surface area contributed by atoms with Crippen molar-refractivity contribution in [2.75, 3.05) is 0 Å². The van der Waals surface area contributed by atoms with E-state index in [-0.39, 0.29) is 10.8 Å². The maximum Gasteiger partial charge on any atom is -0.0129 e. The normalized spacial score (nSPS) is 13.4. The van der Waals surface area contributed by atoms with Crippen molar-refractivity contribution in [3.05, 3.63) is 34.4 Å². The summed E-state index contributed by atoms with van der Waals surface area (Å²) in [4.78, 5) is 0. The fourth-order valence-corrected chi connectivity index (χ4v) is 2.89. The molecule has 20 heavy (non-hydrogen) atoms. The van der Waals surface area contributed by atoms with Crippen molar-refractivity contribution in [3.8, 4) is 0 Å². The van der Waals surface area contributed by atoms with Gasteiger partial charge in [0.05, 0.1) is 0 Å². The zero-order valence-electron chi connectivity index (χ0n) is 15.3. The van der Waals surface area contributed by atoms with E-state index in [1.165, 1.54) is 22.3 Å². The lowest BCUT2D eigenvalue weighted by Gasteiger charge is -2.32. The molecule has 0 saturated heterocycles. The third kappa shape index (κ3) is 3.65. The Balaban J connectivity index is 3.70. The lowest BCUT2D eigenvalue weighted by molar-refractivity contribution is 0.555. The molecule has 0 amide bonds. The highest BCUT2D eigenvalue weighted by atomic mass is 14.3. The number of rotatable bonds is 2. The average Bonchev–Trinajstić information content (AvgIpc) is 2.24. The van der Waals surface area contributed by atoms with Crippen molar-refractivity contribution in [2.45, 2.75) is 91.9 Å². The zero-order chi connectivity index (χ0) is 15.9. The molecule has 0 spiro atoms. The lowest BCUT2D eigenvalue weighted by atomic mass is 9.73. The molecule has 1 rings (SSSR count). The SMILES string of the molecule is CC(C)c1cc(C(C)(C)C)c(C(C)C)cc1C(C)(C)C. The van der Waals surface area contributed by atoms with Crippen molar-refractivity contribution >= 4 is 0 Å². The average molecular weight is 274 g/mol. The Morgan fingerprint density at radius 3 is 1.00 bits per heavy atom. The van der Waals surface area contributed by atoms with E-state index < -0.39 is 0 Å². The molecule has 0 aromatic heterocycles. The van der Waals surface area contributed by atoms with Gasteiger partial charge >= 0.3 is 0 Å². The van der Waals surface area contributed by atoms with Gasteiger partial charge in [-0.2, -0.15) is 0 Å². The van der Waals surface area contributed by atoms with Crippen LogP contribution in [0, 0.1) is 0 Å². The Morgan fingerprint density at radius 1 is 0.600 bits per heavy atom. The summed E-state index contributed by atoms with van der Waals surface area (Å²) in [5.41, 5.74) is 6.49. The minimum Gasteiger partial charge on any atom is -0.0587 e. The first-order chi connectivity index (χ1) is 8.85. The van der Waals surface area contributed by atoms with E-state index in [2.05, 4.69) is 81.4 Å². The van der Waals surface area contributed by atoms with E-state index in [0.29, 0.717) is 11.8 Å². The molecule has 0 fully saturated rings. The van der Waals surface area contributed by atoms with Crippen molar-refractivity contribution in [1.82, 2.24) is 0 Å². The molecule has 114 valence electrons. The summed E-state index contributed by atoms with van der Waals surface area (Å²) < 4.78 is 0. The van der Waals surface area contributed by atoms with Crippen molar-refractivity contribution in [3.63, 3.8) is 0 Å². The van der Waals surface area contributed by atoms with Gasteiger partial charge in [0.15, 0.2) is 0 Å². The van der Waals surface area contributed by atoms with Gasteiger partial charge in [-0.15, -0.1) is 0 Å². The van der Waals surface area contributed by atoms with Gasteiger partial charge in [-0.1, -0.05) is 81.4 Å². The van der Waals surface area contributed by atoms with Gasteiger partial charge in [0.1, 0.15) is 0 Å². The van der Waals surface area contributed by atoms with Gasteiger partial charge in [-0.05, 0) is 44.9 Å². The summed E-state index contributed by atoms with van der Waals surface area (Å²) in [5.74, 6) is 1.15. The Labute approximate surface area is 127 Å². The monoisotopic (exact) mass is 274 g/mol. The van der Waals surface area contributed by atoms with Crippen LogP contribution in [-0.2, 0) is 10.8 Å². The summed E-state index contributed by atoms with van der Waals surface area (Å²) in [6.45, 7) is 23.2. The van der Waals surface area contributed by atoms with Crippen LogP contribution in [-0.4, -0.2) is 0 Å². The maximum absolute atomic E-state index is 2.49. The van der Waals surface area contributed by atoms with Gasteiger partial charge in [0.2, 0.25) is 0 Å². The van der Waals surface area contributed by atoms with E-state index >= 15 is 0 Å². The standard InChI is InChI=1S/C20H34/c1-13(2)15-11-18(20(8,9)10)16(14(3)4)12-17(15)19(5,6)7/h11-14H,1-10H3. The van der Waals surface area contributed by atoms with Crippen molar-refractivity contribution in [1.29, 1.82) is 0 Å². The molecule has 0 unspecified atom stereocenters. The van der Waals surface area contributed by atoms with Gasteiger partial charge < -0.3 is 0 Å². The van der Waals surface area contributed by atoms with Crippen LogP contribution in [0.15, 0.2) is 12.1 Å². The van der Waals surface area contributed by atoms with E-state index in [0.717, 1.165) is 0 Å². The summed E-state index contributed by atoms with van der Waals surface area (Å²) in [7, 11) is 0. The first kappa shape index (κ1) is 17.3. The first-order valence-electron chi connectivity index (χ1n) is 8.04. The summed E-state index contributed by atoms with van der Waals surface area (Å²) >= 11 is 0. The van der Waals surface area contributed by atoms with Gasteiger partial charge in [-0.25, -0.2) is 0 Å².